The van der Waals surface area contributed by atoms with Gasteiger partial charge in [-0.15, -0.1) is 0 Å². The molecule has 0 saturated heterocycles. The van der Waals surface area contributed by atoms with E-state index in [1.165, 1.54) is 43.4 Å². The maximum absolute atomic E-state index is 11.1. The second kappa shape index (κ2) is 7.21. The Hall–Kier alpha value is -4.17. The van der Waals surface area contributed by atoms with Gasteiger partial charge < -0.3 is 5.11 Å². The molecule has 0 saturated carbocycles. The van der Waals surface area contributed by atoms with Crippen LogP contribution in [0.3, 0.4) is 0 Å². The quantitative estimate of drug-likeness (QED) is 0.283. The zero-order valence-corrected chi connectivity index (χ0v) is 17.4. The van der Waals surface area contributed by atoms with Crippen molar-refractivity contribution in [2.45, 2.75) is 6.42 Å². The van der Waals surface area contributed by atoms with Crippen LogP contribution in [0.25, 0.3) is 43.4 Å². The largest absolute Gasteiger partial charge is 0.478 e. The van der Waals surface area contributed by atoms with E-state index in [9.17, 15) is 4.79 Å². The minimum Gasteiger partial charge on any atom is -0.478 e. The summed E-state index contributed by atoms with van der Waals surface area (Å²) in [6.45, 7) is 0. The highest BCUT2D eigenvalue weighted by Gasteiger charge is 2.22. The SMILES string of the molecule is O=C(O)c1cccc2c1Cc1ccccc1-2.c1cc2ccc3cccc4ccc(c1)c2c34. The van der Waals surface area contributed by atoms with Crippen LogP contribution < -0.4 is 0 Å². The van der Waals surface area contributed by atoms with Crippen LogP contribution in [-0.2, 0) is 6.42 Å². The van der Waals surface area contributed by atoms with E-state index in [2.05, 4.69) is 66.7 Å². The molecule has 0 aliphatic heterocycles. The number of hydrogen-bond acceptors (Lipinski definition) is 1. The van der Waals surface area contributed by atoms with E-state index in [1.807, 2.05) is 30.3 Å². The van der Waals surface area contributed by atoms with Gasteiger partial charge in [0.2, 0.25) is 0 Å². The van der Waals surface area contributed by atoms with Crippen LogP contribution in [0.2, 0.25) is 0 Å². The van der Waals surface area contributed by atoms with E-state index in [1.54, 1.807) is 6.07 Å². The Kier molecular flexibility index (Phi) is 4.19. The lowest BCUT2D eigenvalue weighted by molar-refractivity contribution is 0.0696. The first-order valence-electron chi connectivity index (χ1n) is 10.8. The molecule has 1 N–H and O–H groups in total. The standard InChI is InChI=1S/C16H10.C14H10O2/c1-3-11-7-9-13-5-2-6-14-10-8-12(4-1)15(11)16(13)14;15-14(16)12-7-3-6-11-10-5-2-1-4-9(10)8-13(11)12/h1-10H;1-7H,8H2,(H,15,16). The van der Waals surface area contributed by atoms with Gasteiger partial charge in [0.05, 0.1) is 5.56 Å². The number of aromatic carboxylic acids is 1. The number of rotatable bonds is 1. The molecule has 1 aliphatic carbocycles. The Bertz CT molecular complexity index is 1500. The first kappa shape index (κ1) is 18.6. The average Bonchev–Trinajstić information content (AvgIpc) is 3.22. The van der Waals surface area contributed by atoms with Gasteiger partial charge in [-0.25, -0.2) is 4.79 Å². The van der Waals surface area contributed by atoms with Crippen LogP contribution in [-0.4, -0.2) is 11.1 Å². The highest BCUT2D eigenvalue weighted by atomic mass is 16.4. The highest BCUT2D eigenvalue weighted by Crippen LogP contribution is 2.38. The number of carboxylic acid groups (broad SMARTS) is 1. The van der Waals surface area contributed by atoms with Crippen molar-refractivity contribution in [1.29, 1.82) is 0 Å². The molecule has 0 aromatic heterocycles. The third-order valence-corrected chi connectivity index (χ3v) is 6.47. The molecule has 0 radical (unpaired) electrons. The second-order valence-electron chi connectivity index (χ2n) is 8.26. The van der Waals surface area contributed by atoms with Crippen molar-refractivity contribution < 1.29 is 9.90 Å². The summed E-state index contributed by atoms with van der Waals surface area (Å²) in [5, 5.41) is 17.3. The van der Waals surface area contributed by atoms with Crippen LogP contribution >= 0.6 is 0 Å². The van der Waals surface area contributed by atoms with Crippen molar-refractivity contribution in [2.24, 2.45) is 0 Å². The molecular formula is C30H20O2. The molecule has 0 bridgehead atoms. The molecule has 0 amide bonds. The first-order chi connectivity index (χ1) is 15.7. The maximum atomic E-state index is 11.1. The second-order valence-corrected chi connectivity index (χ2v) is 8.26. The molecule has 0 spiro atoms. The zero-order chi connectivity index (χ0) is 21.7. The molecule has 1 aliphatic rings. The van der Waals surface area contributed by atoms with Gasteiger partial charge in [0.15, 0.2) is 0 Å². The predicted molar refractivity (Wildman–Crippen MR) is 132 cm³/mol. The molecule has 6 aromatic rings. The number of hydrogen-bond donors (Lipinski definition) is 1. The minimum absolute atomic E-state index is 0.425. The molecule has 0 unspecified atom stereocenters. The lowest BCUT2D eigenvalue weighted by Crippen LogP contribution is -2.01. The fraction of sp³-hybridized carbons (Fsp3) is 0.0333. The van der Waals surface area contributed by atoms with Crippen molar-refractivity contribution in [3.05, 3.63) is 120 Å². The molecular weight excluding hydrogens is 392 g/mol. The van der Waals surface area contributed by atoms with E-state index >= 15 is 0 Å². The molecule has 2 nitrogen and oxygen atoms in total. The number of fused-ring (bicyclic) bond motifs is 3. The molecule has 0 atom stereocenters. The number of carbonyl (C=O) groups is 1. The third kappa shape index (κ3) is 2.84. The van der Waals surface area contributed by atoms with Crippen molar-refractivity contribution in [3.8, 4) is 11.1 Å². The van der Waals surface area contributed by atoms with Crippen molar-refractivity contribution in [3.63, 3.8) is 0 Å². The fourth-order valence-electron chi connectivity index (χ4n) is 5.03. The molecule has 7 rings (SSSR count). The van der Waals surface area contributed by atoms with E-state index < -0.39 is 5.97 Å². The van der Waals surface area contributed by atoms with Gasteiger partial charge in [0.1, 0.15) is 0 Å². The number of carboxylic acids is 1. The summed E-state index contributed by atoms with van der Waals surface area (Å²) < 4.78 is 0. The van der Waals surface area contributed by atoms with Crippen LogP contribution in [0.4, 0.5) is 0 Å². The fourth-order valence-corrected chi connectivity index (χ4v) is 5.03. The van der Waals surface area contributed by atoms with E-state index in [-0.39, 0.29) is 0 Å². The van der Waals surface area contributed by atoms with Crippen molar-refractivity contribution in [2.75, 3.05) is 0 Å². The molecule has 6 aromatic carbocycles. The summed E-state index contributed by atoms with van der Waals surface area (Å²) in [6.07, 6.45) is 0.730. The summed E-state index contributed by atoms with van der Waals surface area (Å²) in [5.41, 5.74) is 4.81. The van der Waals surface area contributed by atoms with Crippen molar-refractivity contribution >= 4 is 38.3 Å². The lowest BCUT2D eigenvalue weighted by atomic mass is 9.95. The average molecular weight is 412 g/mol. The van der Waals surface area contributed by atoms with Crippen LogP contribution in [0.5, 0.6) is 0 Å². The Morgan fingerprint density at radius 2 is 1.06 bits per heavy atom. The third-order valence-electron chi connectivity index (χ3n) is 6.47. The van der Waals surface area contributed by atoms with Gasteiger partial charge in [-0.1, -0.05) is 97.1 Å². The summed E-state index contributed by atoms with van der Waals surface area (Å²) in [7, 11) is 0. The van der Waals surface area contributed by atoms with Gasteiger partial charge in [-0.3, -0.25) is 0 Å². The van der Waals surface area contributed by atoms with Gasteiger partial charge in [0, 0.05) is 0 Å². The monoisotopic (exact) mass is 412 g/mol. The van der Waals surface area contributed by atoms with Crippen molar-refractivity contribution in [1.82, 2.24) is 0 Å². The molecule has 0 fully saturated rings. The van der Waals surface area contributed by atoms with Gasteiger partial charge in [-0.2, -0.15) is 0 Å². The Labute approximate surface area is 185 Å². The van der Waals surface area contributed by atoms with Gasteiger partial charge in [0.25, 0.3) is 0 Å². The molecule has 2 heteroatoms. The Morgan fingerprint density at radius 1 is 0.562 bits per heavy atom. The van der Waals surface area contributed by atoms with Gasteiger partial charge >= 0.3 is 5.97 Å². The van der Waals surface area contributed by atoms with Crippen LogP contribution in [0.1, 0.15) is 21.5 Å². The summed E-state index contributed by atoms with van der Waals surface area (Å²) in [5.74, 6) is -0.843. The lowest BCUT2D eigenvalue weighted by Gasteiger charge is -2.09. The topological polar surface area (TPSA) is 37.3 Å². The Morgan fingerprint density at radius 3 is 1.62 bits per heavy atom. The normalized spacial score (nSPS) is 11.9. The molecule has 0 heterocycles. The van der Waals surface area contributed by atoms with Gasteiger partial charge in [-0.05, 0) is 67.1 Å². The Balaban J connectivity index is 0.000000122. The summed E-state index contributed by atoms with van der Waals surface area (Å²) in [4.78, 5) is 11.1. The summed E-state index contributed by atoms with van der Waals surface area (Å²) >= 11 is 0. The smallest absolute Gasteiger partial charge is 0.335 e. The summed E-state index contributed by atoms with van der Waals surface area (Å²) in [6, 6.07) is 35.4. The van der Waals surface area contributed by atoms with E-state index in [0.29, 0.717) is 5.56 Å². The van der Waals surface area contributed by atoms with Crippen LogP contribution in [0, 0.1) is 0 Å². The highest BCUT2D eigenvalue weighted by molar-refractivity contribution is 6.22. The minimum atomic E-state index is -0.843. The number of benzene rings is 6. The zero-order valence-electron chi connectivity index (χ0n) is 17.4. The van der Waals surface area contributed by atoms with E-state index in [4.69, 9.17) is 5.11 Å². The van der Waals surface area contributed by atoms with Crippen LogP contribution in [0.15, 0.2) is 103 Å². The maximum Gasteiger partial charge on any atom is 0.335 e. The predicted octanol–water partition coefficient (Wildman–Crippen LogP) is 7.54. The van der Waals surface area contributed by atoms with E-state index in [0.717, 1.165) is 17.5 Å². The first-order valence-corrected chi connectivity index (χ1v) is 10.8. The molecule has 32 heavy (non-hydrogen) atoms. The molecule has 152 valence electrons.